The molecule has 0 saturated carbocycles. The second-order valence-electron chi connectivity index (χ2n) is 5.29. The van der Waals surface area contributed by atoms with Gasteiger partial charge in [-0.25, -0.2) is 15.0 Å². The molecule has 8 nitrogen and oxygen atoms in total. The summed E-state index contributed by atoms with van der Waals surface area (Å²) >= 11 is 0. The number of hydrogen-bond acceptors (Lipinski definition) is 6. The molecule has 0 aliphatic heterocycles. The van der Waals surface area contributed by atoms with E-state index in [4.69, 9.17) is 5.73 Å². The second kappa shape index (κ2) is 5.41. The number of amides is 1. The molecule has 0 aromatic carbocycles. The Hall–Kier alpha value is -2.22. The van der Waals surface area contributed by atoms with Crippen LogP contribution >= 0.6 is 0 Å². The summed E-state index contributed by atoms with van der Waals surface area (Å²) in [5, 5.41) is 2.87. The molecule has 0 aliphatic rings. The predicted octanol–water partition coefficient (Wildman–Crippen LogP) is -0.357. The summed E-state index contributed by atoms with van der Waals surface area (Å²) in [5.74, 6) is 0.516. The Kier molecular flexibility index (Phi) is 3.84. The van der Waals surface area contributed by atoms with Gasteiger partial charge in [-0.15, -0.1) is 0 Å². The first-order valence-corrected chi connectivity index (χ1v) is 6.29. The summed E-state index contributed by atoms with van der Waals surface area (Å²) in [4.78, 5) is 29.0. The van der Waals surface area contributed by atoms with E-state index in [1.807, 2.05) is 13.8 Å². The third-order valence-electron chi connectivity index (χ3n) is 2.93. The number of carbonyl (C=O) groups is 1. The van der Waals surface area contributed by atoms with Crippen molar-refractivity contribution in [2.24, 2.45) is 5.73 Å². The number of imidazole rings is 1. The van der Waals surface area contributed by atoms with Gasteiger partial charge in [-0.1, -0.05) is 0 Å². The van der Waals surface area contributed by atoms with Crippen LogP contribution in [-0.4, -0.2) is 51.5 Å². The van der Waals surface area contributed by atoms with Gasteiger partial charge in [0.25, 0.3) is 0 Å². The van der Waals surface area contributed by atoms with Crippen molar-refractivity contribution in [2.45, 2.75) is 19.4 Å². The van der Waals surface area contributed by atoms with Crippen LogP contribution in [0.5, 0.6) is 0 Å². The van der Waals surface area contributed by atoms with Crippen molar-refractivity contribution in [2.75, 3.05) is 25.0 Å². The molecule has 0 aliphatic carbocycles. The minimum absolute atomic E-state index is 0.116. The number of aromatic amines is 1. The molecule has 2 rings (SSSR count). The van der Waals surface area contributed by atoms with E-state index in [1.54, 1.807) is 18.3 Å². The maximum absolute atomic E-state index is 12.0. The smallest absolute Gasteiger partial charge is 0.240 e. The molecular formula is C12H19N7O. The van der Waals surface area contributed by atoms with Crippen LogP contribution in [0.4, 0.5) is 5.82 Å². The predicted molar refractivity (Wildman–Crippen MR) is 76.2 cm³/mol. The molecule has 0 fully saturated rings. The van der Waals surface area contributed by atoms with E-state index >= 15 is 0 Å². The molecule has 2 aromatic heterocycles. The molecule has 0 unspecified atom stereocenters. The molecule has 0 atom stereocenters. The summed E-state index contributed by atoms with van der Waals surface area (Å²) in [6.45, 7) is 4.31. The summed E-state index contributed by atoms with van der Waals surface area (Å²) < 4.78 is 0. The van der Waals surface area contributed by atoms with Gasteiger partial charge in [0.05, 0.1) is 12.9 Å². The highest BCUT2D eigenvalue weighted by Crippen LogP contribution is 2.17. The number of aromatic nitrogens is 4. The van der Waals surface area contributed by atoms with Crippen molar-refractivity contribution in [3.63, 3.8) is 0 Å². The molecule has 20 heavy (non-hydrogen) atoms. The molecule has 0 bridgehead atoms. The number of nitrogens with one attached hydrogen (secondary N) is 2. The van der Waals surface area contributed by atoms with Crippen molar-refractivity contribution >= 4 is 22.9 Å². The number of rotatable bonds is 5. The first-order chi connectivity index (χ1) is 9.43. The number of likely N-dealkylation sites (N-methyl/N-ethyl adjacent to an activating group) is 1. The third kappa shape index (κ3) is 3.02. The first-order valence-electron chi connectivity index (χ1n) is 6.29. The van der Waals surface area contributed by atoms with Gasteiger partial charge in [-0.3, -0.25) is 4.79 Å². The van der Waals surface area contributed by atoms with Crippen molar-refractivity contribution in [3.05, 3.63) is 12.7 Å². The summed E-state index contributed by atoms with van der Waals surface area (Å²) in [5.41, 5.74) is 6.45. The number of carbonyl (C=O) groups excluding carboxylic acids is 1. The number of H-pyrrole nitrogens is 1. The average molecular weight is 277 g/mol. The Bertz CT molecular complexity index is 607. The quantitative estimate of drug-likeness (QED) is 0.688. The third-order valence-corrected chi connectivity index (χ3v) is 2.93. The maximum atomic E-state index is 12.0. The number of hydrogen-bond donors (Lipinski definition) is 3. The van der Waals surface area contributed by atoms with E-state index in [0.29, 0.717) is 23.5 Å². The highest BCUT2D eigenvalue weighted by atomic mass is 16.2. The van der Waals surface area contributed by atoms with Crippen LogP contribution in [0.3, 0.4) is 0 Å². The standard InChI is InChI=1S/C12H19N7O/c1-12(2,5-13)18-8(20)4-19(3)11-9-10(15-6-14-9)16-7-17-11/h6-7H,4-5,13H2,1-3H3,(H,18,20)(H,14,15,16,17). The fourth-order valence-corrected chi connectivity index (χ4v) is 1.80. The molecule has 2 heterocycles. The lowest BCUT2D eigenvalue weighted by atomic mass is 10.1. The highest BCUT2D eigenvalue weighted by molar-refractivity contribution is 5.87. The van der Waals surface area contributed by atoms with Crippen LogP contribution < -0.4 is 16.0 Å². The fourth-order valence-electron chi connectivity index (χ4n) is 1.80. The van der Waals surface area contributed by atoms with Gasteiger partial charge in [0.1, 0.15) is 11.8 Å². The van der Waals surface area contributed by atoms with Crippen LogP contribution in [0.1, 0.15) is 13.8 Å². The van der Waals surface area contributed by atoms with Gasteiger partial charge in [-0.2, -0.15) is 0 Å². The fraction of sp³-hybridized carbons (Fsp3) is 0.500. The van der Waals surface area contributed by atoms with Gasteiger partial charge < -0.3 is 20.9 Å². The van der Waals surface area contributed by atoms with E-state index in [-0.39, 0.29) is 12.5 Å². The molecule has 2 aromatic rings. The van der Waals surface area contributed by atoms with E-state index in [1.165, 1.54) is 6.33 Å². The van der Waals surface area contributed by atoms with Crippen LogP contribution in [0, 0.1) is 0 Å². The number of nitrogens with zero attached hydrogens (tertiary/aromatic N) is 4. The van der Waals surface area contributed by atoms with E-state index in [9.17, 15) is 4.79 Å². The molecule has 0 saturated heterocycles. The molecule has 1 amide bonds. The van der Waals surface area contributed by atoms with Crippen LogP contribution in [0.15, 0.2) is 12.7 Å². The zero-order valence-corrected chi connectivity index (χ0v) is 11.8. The van der Waals surface area contributed by atoms with Gasteiger partial charge in [0.15, 0.2) is 11.5 Å². The monoisotopic (exact) mass is 277 g/mol. The van der Waals surface area contributed by atoms with Crippen molar-refractivity contribution in [1.82, 2.24) is 25.3 Å². The number of anilines is 1. The Labute approximate surface area is 116 Å². The van der Waals surface area contributed by atoms with Gasteiger partial charge in [-0.05, 0) is 13.8 Å². The minimum atomic E-state index is -0.424. The van der Waals surface area contributed by atoms with Gasteiger partial charge in [0.2, 0.25) is 5.91 Å². The van der Waals surface area contributed by atoms with Crippen molar-refractivity contribution in [1.29, 1.82) is 0 Å². The Morgan fingerprint density at radius 1 is 1.45 bits per heavy atom. The van der Waals surface area contributed by atoms with Gasteiger partial charge in [0, 0.05) is 19.1 Å². The van der Waals surface area contributed by atoms with Gasteiger partial charge >= 0.3 is 0 Å². The van der Waals surface area contributed by atoms with E-state index < -0.39 is 5.54 Å². The summed E-state index contributed by atoms with van der Waals surface area (Å²) in [6, 6.07) is 0. The second-order valence-corrected chi connectivity index (χ2v) is 5.29. The minimum Gasteiger partial charge on any atom is -0.348 e. The van der Waals surface area contributed by atoms with Crippen LogP contribution in [-0.2, 0) is 4.79 Å². The number of nitrogens with two attached hydrogens (primary N) is 1. The SMILES string of the molecule is CN(CC(=O)NC(C)(C)CN)c1ncnc2nc[nH]c12. The highest BCUT2D eigenvalue weighted by Gasteiger charge is 2.20. The Morgan fingerprint density at radius 2 is 2.20 bits per heavy atom. The van der Waals surface area contributed by atoms with Crippen LogP contribution in [0.2, 0.25) is 0 Å². The largest absolute Gasteiger partial charge is 0.348 e. The Morgan fingerprint density at radius 3 is 2.90 bits per heavy atom. The zero-order valence-electron chi connectivity index (χ0n) is 11.8. The molecule has 0 radical (unpaired) electrons. The normalized spacial score (nSPS) is 11.6. The maximum Gasteiger partial charge on any atom is 0.240 e. The summed E-state index contributed by atoms with van der Waals surface area (Å²) in [6.07, 6.45) is 2.98. The number of fused-ring (bicyclic) bond motifs is 1. The van der Waals surface area contributed by atoms with Crippen LogP contribution in [0.25, 0.3) is 11.2 Å². The Balaban J connectivity index is 2.10. The van der Waals surface area contributed by atoms with Crippen molar-refractivity contribution < 1.29 is 4.79 Å². The average Bonchev–Trinajstić information content (AvgIpc) is 2.85. The first kappa shape index (κ1) is 14.2. The topological polar surface area (TPSA) is 113 Å². The summed E-state index contributed by atoms with van der Waals surface area (Å²) in [7, 11) is 1.79. The van der Waals surface area contributed by atoms with E-state index in [2.05, 4.69) is 25.3 Å². The molecule has 8 heteroatoms. The molecule has 0 spiro atoms. The molecule has 4 N–H and O–H groups in total. The van der Waals surface area contributed by atoms with E-state index in [0.717, 1.165) is 0 Å². The van der Waals surface area contributed by atoms with Crippen molar-refractivity contribution in [3.8, 4) is 0 Å². The lowest BCUT2D eigenvalue weighted by Gasteiger charge is -2.26. The lowest BCUT2D eigenvalue weighted by molar-refractivity contribution is -0.121. The molecular weight excluding hydrogens is 258 g/mol. The lowest BCUT2D eigenvalue weighted by Crippen LogP contribution is -2.51. The zero-order chi connectivity index (χ0) is 14.8. The molecule has 108 valence electrons.